The van der Waals surface area contributed by atoms with Crippen molar-refractivity contribution in [1.82, 2.24) is 0 Å². The van der Waals surface area contributed by atoms with Crippen molar-refractivity contribution in [3.8, 4) is 11.3 Å². The number of fused-ring (bicyclic) bond motifs is 11. The van der Waals surface area contributed by atoms with E-state index in [1.165, 1.54) is 66.1 Å². The van der Waals surface area contributed by atoms with Crippen molar-refractivity contribution in [3.05, 3.63) is 65.4 Å². The second-order valence-electron chi connectivity index (χ2n) is 10.2. The van der Waals surface area contributed by atoms with E-state index in [1.54, 1.807) is 11.1 Å². The van der Waals surface area contributed by atoms with E-state index in [2.05, 4.69) is 67.1 Å². The summed E-state index contributed by atoms with van der Waals surface area (Å²) in [6.45, 7) is 5.87. The molecule has 1 aliphatic heterocycles. The molecule has 4 aromatic rings. The Morgan fingerprint density at radius 2 is 1.74 bits per heavy atom. The maximum Gasteiger partial charge on any atom is 0.213 e. The van der Waals surface area contributed by atoms with Crippen molar-refractivity contribution in [1.29, 1.82) is 0 Å². The van der Waals surface area contributed by atoms with Gasteiger partial charge in [-0.05, 0) is 73.3 Å². The minimum Gasteiger partial charge on any atom is -0.456 e. The van der Waals surface area contributed by atoms with Crippen LogP contribution in [0.4, 0.5) is 0 Å². The van der Waals surface area contributed by atoms with Crippen molar-refractivity contribution in [2.24, 2.45) is 0 Å². The number of nitrogens with zero attached hydrogens (tertiary/aromatic N) is 1. The Morgan fingerprint density at radius 3 is 2.58 bits per heavy atom. The van der Waals surface area contributed by atoms with Crippen LogP contribution in [-0.2, 0) is 12.0 Å². The average molecular weight is 409 g/mol. The zero-order chi connectivity index (χ0) is 20.7. The van der Waals surface area contributed by atoms with Gasteiger partial charge in [-0.3, -0.25) is 0 Å². The van der Waals surface area contributed by atoms with Gasteiger partial charge in [0.05, 0.1) is 5.56 Å². The van der Waals surface area contributed by atoms with Crippen LogP contribution in [0.5, 0.6) is 0 Å². The second kappa shape index (κ2) is 6.22. The molecule has 2 heteroatoms. The predicted molar refractivity (Wildman–Crippen MR) is 126 cm³/mol. The van der Waals surface area contributed by atoms with Gasteiger partial charge in [0.1, 0.15) is 17.7 Å². The molecule has 7 rings (SSSR count). The van der Waals surface area contributed by atoms with Crippen LogP contribution < -0.4 is 4.57 Å². The van der Waals surface area contributed by atoms with Gasteiger partial charge in [0.25, 0.3) is 0 Å². The quantitative estimate of drug-likeness (QED) is 0.317. The molecule has 0 radical (unpaired) electrons. The first kappa shape index (κ1) is 18.0. The molecule has 2 unspecified atom stereocenters. The predicted octanol–water partition coefficient (Wildman–Crippen LogP) is 7.37. The lowest BCUT2D eigenvalue weighted by Gasteiger charge is -2.31. The molecule has 2 bridgehead atoms. The Morgan fingerprint density at radius 1 is 0.935 bits per heavy atom. The molecule has 0 saturated heterocycles. The first-order valence-corrected chi connectivity index (χ1v) is 12.2. The molecule has 1 saturated carbocycles. The molecule has 1 fully saturated rings. The molecular weight excluding hydrogens is 378 g/mol. The summed E-state index contributed by atoms with van der Waals surface area (Å²) in [6.07, 6.45) is 10.2. The van der Waals surface area contributed by atoms with Crippen molar-refractivity contribution in [2.75, 3.05) is 0 Å². The lowest BCUT2D eigenvalue weighted by Crippen LogP contribution is -2.38. The lowest BCUT2D eigenvalue weighted by molar-refractivity contribution is -0.687. The number of aryl methyl sites for hydroxylation is 1. The average Bonchev–Trinajstić information content (AvgIpc) is 3.50. The molecule has 2 atom stereocenters. The zero-order valence-electron chi connectivity index (χ0n) is 18.6. The topological polar surface area (TPSA) is 17.0 Å². The Hall–Kier alpha value is -2.61. The summed E-state index contributed by atoms with van der Waals surface area (Å²) < 4.78 is 8.93. The van der Waals surface area contributed by atoms with Gasteiger partial charge >= 0.3 is 0 Å². The van der Waals surface area contributed by atoms with Gasteiger partial charge in [-0.2, -0.15) is 4.57 Å². The minimum atomic E-state index is 0.220. The van der Waals surface area contributed by atoms with Gasteiger partial charge in [-0.15, -0.1) is 0 Å². The normalized spacial score (nSPS) is 23.0. The molecule has 3 aliphatic rings. The highest BCUT2D eigenvalue weighted by atomic mass is 16.3. The monoisotopic (exact) mass is 408 g/mol. The SMILES string of the molecule is CCC1(CC)CC[n+]2cc3c(cc2-c2cc4oc5ccccc5c4cc21)C1CCC3C1. The summed E-state index contributed by atoms with van der Waals surface area (Å²) in [7, 11) is 0. The standard InChI is InChI=1S/C29H30NO/c1-3-29(4-2)11-12-30-17-24-19-10-9-18(13-19)21(24)15-26(30)23-16-28-22(14-25(23)29)20-7-5-6-8-27(20)31-28/h5-8,14-19H,3-4,9-13H2,1-2H3/q+1. The summed E-state index contributed by atoms with van der Waals surface area (Å²) in [6, 6.07) is 15.9. The van der Waals surface area contributed by atoms with Gasteiger partial charge in [0.15, 0.2) is 6.20 Å². The van der Waals surface area contributed by atoms with Crippen LogP contribution in [0.15, 0.2) is 53.1 Å². The number of hydrogen-bond acceptors (Lipinski definition) is 1. The van der Waals surface area contributed by atoms with Gasteiger partial charge in [-0.25, -0.2) is 0 Å². The lowest BCUT2D eigenvalue weighted by atomic mass is 9.71. The van der Waals surface area contributed by atoms with Crippen molar-refractivity contribution in [3.63, 3.8) is 0 Å². The molecular formula is C29H30NO+. The van der Waals surface area contributed by atoms with Crippen LogP contribution in [0.2, 0.25) is 0 Å². The van der Waals surface area contributed by atoms with Crippen molar-refractivity contribution in [2.45, 2.75) is 76.2 Å². The maximum absolute atomic E-state index is 6.34. The molecule has 31 heavy (non-hydrogen) atoms. The summed E-state index contributed by atoms with van der Waals surface area (Å²) in [5.74, 6) is 1.59. The fourth-order valence-corrected chi connectivity index (χ4v) is 7.16. The third-order valence-electron chi connectivity index (χ3n) is 9.09. The first-order valence-electron chi connectivity index (χ1n) is 12.2. The molecule has 2 aliphatic carbocycles. The maximum atomic E-state index is 6.34. The Bertz CT molecular complexity index is 1360. The van der Waals surface area contributed by atoms with E-state index < -0.39 is 0 Å². The highest BCUT2D eigenvalue weighted by Crippen LogP contribution is 2.54. The molecule has 2 aromatic heterocycles. The number of para-hydroxylation sites is 1. The fraction of sp³-hybridized carbons (Fsp3) is 0.414. The van der Waals surface area contributed by atoms with Gasteiger partial charge in [0.2, 0.25) is 5.69 Å². The van der Waals surface area contributed by atoms with E-state index in [0.717, 1.165) is 29.5 Å². The summed E-state index contributed by atoms with van der Waals surface area (Å²) in [5.41, 5.74) is 9.87. The second-order valence-corrected chi connectivity index (χ2v) is 10.2. The number of hydrogen-bond donors (Lipinski definition) is 0. The molecule has 2 nitrogen and oxygen atoms in total. The Labute approximate surface area is 183 Å². The Kier molecular flexibility index (Phi) is 3.61. The van der Waals surface area contributed by atoms with Crippen LogP contribution in [0.25, 0.3) is 33.2 Å². The molecule has 0 spiro atoms. The number of benzene rings is 2. The number of aromatic nitrogens is 1. The van der Waals surface area contributed by atoms with E-state index >= 15 is 0 Å². The van der Waals surface area contributed by atoms with E-state index in [-0.39, 0.29) is 5.41 Å². The number of pyridine rings is 1. The Balaban J connectivity index is 1.56. The third kappa shape index (κ3) is 2.31. The van der Waals surface area contributed by atoms with E-state index in [4.69, 9.17) is 4.42 Å². The molecule has 0 N–H and O–H groups in total. The molecule has 156 valence electrons. The van der Waals surface area contributed by atoms with Gasteiger partial charge in [-0.1, -0.05) is 32.0 Å². The van der Waals surface area contributed by atoms with E-state index in [0.29, 0.717) is 0 Å². The zero-order valence-corrected chi connectivity index (χ0v) is 18.6. The van der Waals surface area contributed by atoms with Crippen LogP contribution in [0.3, 0.4) is 0 Å². The summed E-state index contributed by atoms with van der Waals surface area (Å²) in [5, 5.41) is 2.51. The highest BCUT2D eigenvalue weighted by molar-refractivity contribution is 6.06. The van der Waals surface area contributed by atoms with Crippen molar-refractivity contribution >= 4 is 21.9 Å². The molecule has 3 heterocycles. The van der Waals surface area contributed by atoms with Crippen LogP contribution in [0.1, 0.15) is 80.9 Å². The van der Waals surface area contributed by atoms with E-state index in [1.807, 2.05) is 0 Å². The number of rotatable bonds is 2. The van der Waals surface area contributed by atoms with E-state index in [9.17, 15) is 0 Å². The van der Waals surface area contributed by atoms with Crippen LogP contribution >= 0.6 is 0 Å². The van der Waals surface area contributed by atoms with Crippen LogP contribution in [-0.4, -0.2) is 0 Å². The third-order valence-corrected chi connectivity index (χ3v) is 9.09. The fourth-order valence-electron chi connectivity index (χ4n) is 7.16. The van der Waals surface area contributed by atoms with Gasteiger partial charge < -0.3 is 4.42 Å². The largest absolute Gasteiger partial charge is 0.456 e. The first-order chi connectivity index (χ1) is 15.2. The molecule has 0 amide bonds. The minimum absolute atomic E-state index is 0.220. The van der Waals surface area contributed by atoms with Gasteiger partial charge in [0, 0.05) is 34.2 Å². The number of furan rings is 1. The smallest absolute Gasteiger partial charge is 0.213 e. The van der Waals surface area contributed by atoms with Crippen LogP contribution in [0, 0.1) is 0 Å². The molecule has 2 aromatic carbocycles. The summed E-state index contributed by atoms with van der Waals surface area (Å²) >= 11 is 0. The van der Waals surface area contributed by atoms with Crippen molar-refractivity contribution < 1.29 is 8.98 Å². The highest BCUT2D eigenvalue weighted by Gasteiger charge is 2.43. The summed E-state index contributed by atoms with van der Waals surface area (Å²) in [4.78, 5) is 0.